The van der Waals surface area contributed by atoms with E-state index in [-0.39, 0.29) is 0 Å². The summed E-state index contributed by atoms with van der Waals surface area (Å²) in [5, 5.41) is 3.83. The minimum Gasteiger partial charge on any atom is -0.311 e. The van der Waals surface area contributed by atoms with Gasteiger partial charge >= 0.3 is 0 Å². The third-order valence-corrected chi connectivity index (χ3v) is 4.63. The Labute approximate surface area is 102 Å². The van der Waals surface area contributed by atoms with E-state index in [2.05, 4.69) is 33.0 Å². The average molecular weight is 225 g/mol. The van der Waals surface area contributed by atoms with Crippen LogP contribution >= 0.6 is 0 Å². The molecule has 0 aliphatic heterocycles. The second-order valence-electron chi connectivity index (χ2n) is 5.88. The van der Waals surface area contributed by atoms with Crippen molar-refractivity contribution in [3.05, 3.63) is 0 Å². The molecule has 2 unspecified atom stereocenters. The predicted octanol–water partition coefficient (Wildman–Crippen LogP) is 4.37. The van der Waals surface area contributed by atoms with Crippen LogP contribution in [0.15, 0.2) is 0 Å². The van der Waals surface area contributed by atoms with Gasteiger partial charge in [-0.1, -0.05) is 46.0 Å². The van der Waals surface area contributed by atoms with Crippen molar-refractivity contribution in [3.63, 3.8) is 0 Å². The van der Waals surface area contributed by atoms with Gasteiger partial charge in [-0.25, -0.2) is 0 Å². The van der Waals surface area contributed by atoms with Crippen LogP contribution in [0.4, 0.5) is 0 Å². The van der Waals surface area contributed by atoms with Gasteiger partial charge in [0.25, 0.3) is 0 Å². The van der Waals surface area contributed by atoms with E-state index in [0.717, 1.165) is 11.8 Å². The summed E-state index contributed by atoms with van der Waals surface area (Å²) >= 11 is 0. The fourth-order valence-electron chi connectivity index (χ4n) is 2.88. The first-order valence-electron chi connectivity index (χ1n) is 7.41. The van der Waals surface area contributed by atoms with Crippen LogP contribution in [0.1, 0.15) is 72.6 Å². The van der Waals surface area contributed by atoms with E-state index < -0.39 is 0 Å². The van der Waals surface area contributed by atoms with Gasteiger partial charge in [-0.15, -0.1) is 0 Å². The highest BCUT2D eigenvalue weighted by atomic mass is 14.9. The molecule has 1 heteroatoms. The first-order chi connectivity index (χ1) is 7.65. The lowest BCUT2D eigenvalue weighted by Gasteiger charge is -2.29. The summed E-state index contributed by atoms with van der Waals surface area (Å²) in [4.78, 5) is 0. The summed E-state index contributed by atoms with van der Waals surface area (Å²) in [6.07, 6.45) is 10.0. The molecule has 0 aromatic heterocycles. The molecular weight excluding hydrogens is 194 g/mol. The highest BCUT2D eigenvalue weighted by Crippen LogP contribution is 2.26. The maximum atomic E-state index is 3.83. The minimum absolute atomic E-state index is 0.670. The van der Waals surface area contributed by atoms with Crippen molar-refractivity contribution < 1.29 is 0 Å². The largest absolute Gasteiger partial charge is 0.311 e. The van der Waals surface area contributed by atoms with Crippen LogP contribution in [0.25, 0.3) is 0 Å². The molecule has 1 fully saturated rings. The Kier molecular flexibility index (Phi) is 6.41. The van der Waals surface area contributed by atoms with Crippen LogP contribution in [0.3, 0.4) is 0 Å². The number of hydrogen-bond acceptors (Lipinski definition) is 1. The molecule has 96 valence electrons. The number of rotatable bonds is 5. The highest BCUT2D eigenvalue weighted by molar-refractivity contribution is 4.79. The van der Waals surface area contributed by atoms with Crippen LogP contribution in [-0.2, 0) is 0 Å². The van der Waals surface area contributed by atoms with Gasteiger partial charge in [0.1, 0.15) is 0 Å². The highest BCUT2D eigenvalue weighted by Gasteiger charge is 2.21. The van der Waals surface area contributed by atoms with Gasteiger partial charge < -0.3 is 5.32 Å². The van der Waals surface area contributed by atoms with Crippen molar-refractivity contribution >= 4 is 0 Å². The molecule has 1 aliphatic carbocycles. The van der Waals surface area contributed by atoms with Gasteiger partial charge in [-0.3, -0.25) is 0 Å². The fraction of sp³-hybridized carbons (Fsp3) is 1.00. The second-order valence-corrected chi connectivity index (χ2v) is 5.88. The van der Waals surface area contributed by atoms with Crippen molar-refractivity contribution in [1.82, 2.24) is 5.32 Å². The number of nitrogens with one attached hydrogen (secondary N) is 1. The minimum atomic E-state index is 0.670. The summed E-state index contributed by atoms with van der Waals surface area (Å²) in [6, 6.07) is 1.38. The van der Waals surface area contributed by atoms with Crippen LogP contribution < -0.4 is 5.32 Å². The summed E-state index contributed by atoms with van der Waals surface area (Å²) in [7, 11) is 0. The molecule has 0 amide bonds. The first-order valence-corrected chi connectivity index (χ1v) is 7.41. The Morgan fingerprint density at radius 1 is 1.00 bits per heavy atom. The monoisotopic (exact) mass is 225 g/mol. The van der Waals surface area contributed by atoms with Crippen molar-refractivity contribution in [2.24, 2.45) is 11.8 Å². The molecule has 0 aromatic carbocycles. The maximum Gasteiger partial charge on any atom is 0.00695 e. The zero-order chi connectivity index (χ0) is 12.0. The molecule has 1 rings (SSSR count). The smallest absolute Gasteiger partial charge is 0.00695 e. The van der Waals surface area contributed by atoms with Crippen molar-refractivity contribution in [2.75, 3.05) is 0 Å². The van der Waals surface area contributed by atoms with E-state index in [1.807, 2.05) is 0 Å². The van der Waals surface area contributed by atoms with Gasteiger partial charge in [0, 0.05) is 12.1 Å². The molecule has 0 aromatic rings. The van der Waals surface area contributed by atoms with E-state index in [4.69, 9.17) is 0 Å². The van der Waals surface area contributed by atoms with Crippen LogP contribution in [0.5, 0.6) is 0 Å². The lowest BCUT2D eigenvalue weighted by atomic mass is 9.91. The standard InChI is InChI=1S/C15H31N/c1-5-12(2)13(3)16-14(4)15-10-8-6-7-9-11-15/h12-16H,5-11H2,1-4H3/t12?,13?,14-/m1/s1. The Bertz CT molecular complexity index is 170. The molecule has 1 saturated carbocycles. The lowest BCUT2D eigenvalue weighted by molar-refractivity contribution is 0.278. The zero-order valence-electron chi connectivity index (χ0n) is 11.8. The molecule has 0 saturated heterocycles. The Balaban J connectivity index is 2.34. The summed E-state index contributed by atoms with van der Waals surface area (Å²) in [5.74, 6) is 1.72. The third-order valence-electron chi connectivity index (χ3n) is 4.63. The van der Waals surface area contributed by atoms with E-state index >= 15 is 0 Å². The zero-order valence-corrected chi connectivity index (χ0v) is 11.8. The Morgan fingerprint density at radius 2 is 1.56 bits per heavy atom. The van der Waals surface area contributed by atoms with Crippen LogP contribution in [0, 0.1) is 11.8 Å². The van der Waals surface area contributed by atoms with E-state index in [1.165, 1.54) is 44.9 Å². The van der Waals surface area contributed by atoms with Gasteiger partial charge in [-0.05, 0) is 38.5 Å². The predicted molar refractivity (Wildman–Crippen MR) is 72.7 cm³/mol. The molecule has 0 spiro atoms. The molecule has 0 bridgehead atoms. The molecule has 1 N–H and O–H groups in total. The molecular formula is C15H31N. The topological polar surface area (TPSA) is 12.0 Å². The SMILES string of the molecule is CCC(C)C(C)N[C@H](C)C1CCCCCC1. The quantitative estimate of drug-likeness (QED) is 0.685. The number of hydrogen-bond donors (Lipinski definition) is 1. The molecule has 0 heterocycles. The van der Waals surface area contributed by atoms with Crippen LogP contribution in [0.2, 0.25) is 0 Å². The van der Waals surface area contributed by atoms with Crippen molar-refractivity contribution in [3.8, 4) is 0 Å². The average Bonchev–Trinajstić information content (AvgIpc) is 2.56. The summed E-state index contributed by atoms with van der Waals surface area (Å²) in [6.45, 7) is 9.40. The molecule has 1 aliphatic rings. The molecule has 1 nitrogen and oxygen atoms in total. The normalized spacial score (nSPS) is 24.8. The van der Waals surface area contributed by atoms with Gasteiger partial charge in [0.2, 0.25) is 0 Å². The lowest BCUT2D eigenvalue weighted by Crippen LogP contribution is -2.42. The van der Waals surface area contributed by atoms with E-state index in [0.29, 0.717) is 12.1 Å². The summed E-state index contributed by atoms with van der Waals surface area (Å²) in [5.41, 5.74) is 0. The molecule has 16 heavy (non-hydrogen) atoms. The first kappa shape index (κ1) is 14.0. The van der Waals surface area contributed by atoms with Crippen molar-refractivity contribution in [1.29, 1.82) is 0 Å². The maximum absolute atomic E-state index is 3.83. The van der Waals surface area contributed by atoms with Crippen molar-refractivity contribution in [2.45, 2.75) is 84.7 Å². The molecule has 0 radical (unpaired) electrons. The van der Waals surface area contributed by atoms with E-state index in [1.54, 1.807) is 0 Å². The Morgan fingerprint density at radius 3 is 2.06 bits per heavy atom. The second kappa shape index (κ2) is 7.32. The van der Waals surface area contributed by atoms with Gasteiger partial charge in [0.05, 0.1) is 0 Å². The van der Waals surface area contributed by atoms with Gasteiger partial charge in [-0.2, -0.15) is 0 Å². The molecule has 3 atom stereocenters. The fourth-order valence-corrected chi connectivity index (χ4v) is 2.88. The Hall–Kier alpha value is -0.0400. The van der Waals surface area contributed by atoms with Gasteiger partial charge in [0.15, 0.2) is 0 Å². The third kappa shape index (κ3) is 4.45. The van der Waals surface area contributed by atoms with E-state index in [9.17, 15) is 0 Å². The summed E-state index contributed by atoms with van der Waals surface area (Å²) < 4.78 is 0. The van der Waals surface area contributed by atoms with Crippen LogP contribution in [-0.4, -0.2) is 12.1 Å².